The van der Waals surface area contributed by atoms with Crippen molar-refractivity contribution in [1.29, 1.82) is 0 Å². The SMILES string of the molecule is COC(=O)CN(C(=O)c1csc(I)c1)C1CCCC1. The van der Waals surface area contributed by atoms with Crippen LogP contribution in [0.15, 0.2) is 11.4 Å². The molecule has 0 bridgehead atoms. The average molecular weight is 393 g/mol. The molecule has 0 spiro atoms. The van der Waals surface area contributed by atoms with Crippen molar-refractivity contribution >= 4 is 45.8 Å². The molecule has 0 aromatic carbocycles. The summed E-state index contributed by atoms with van der Waals surface area (Å²) in [5, 5.41) is 1.85. The molecule has 1 aliphatic rings. The van der Waals surface area contributed by atoms with Crippen LogP contribution >= 0.6 is 33.9 Å². The van der Waals surface area contributed by atoms with E-state index in [2.05, 4.69) is 22.6 Å². The Bertz CT molecular complexity index is 468. The first-order valence-corrected chi connectivity index (χ1v) is 8.19. The summed E-state index contributed by atoms with van der Waals surface area (Å²) >= 11 is 3.73. The number of carbonyl (C=O) groups is 2. The quantitative estimate of drug-likeness (QED) is 0.584. The third-order valence-electron chi connectivity index (χ3n) is 3.37. The Kier molecular flexibility index (Phi) is 5.20. The Morgan fingerprint density at radius 2 is 2.16 bits per heavy atom. The summed E-state index contributed by atoms with van der Waals surface area (Å²) in [5.41, 5.74) is 0.671. The molecule has 0 atom stereocenters. The smallest absolute Gasteiger partial charge is 0.325 e. The van der Waals surface area contributed by atoms with Crippen LogP contribution in [-0.4, -0.2) is 36.5 Å². The molecule has 1 fully saturated rings. The van der Waals surface area contributed by atoms with Crippen molar-refractivity contribution in [1.82, 2.24) is 4.90 Å². The van der Waals surface area contributed by atoms with E-state index in [1.54, 1.807) is 16.2 Å². The standard InChI is InChI=1S/C13H16INO3S/c1-18-12(16)7-15(10-4-2-3-5-10)13(17)9-6-11(14)19-8-9/h6,8,10H,2-5,7H2,1H3. The van der Waals surface area contributed by atoms with Gasteiger partial charge in [-0.15, -0.1) is 11.3 Å². The van der Waals surface area contributed by atoms with Crippen LogP contribution in [0.25, 0.3) is 0 Å². The van der Waals surface area contributed by atoms with Gasteiger partial charge >= 0.3 is 5.97 Å². The zero-order valence-electron chi connectivity index (χ0n) is 10.7. The molecule has 4 nitrogen and oxygen atoms in total. The van der Waals surface area contributed by atoms with E-state index in [0.29, 0.717) is 5.56 Å². The van der Waals surface area contributed by atoms with E-state index in [1.807, 2.05) is 11.4 Å². The van der Waals surface area contributed by atoms with Gasteiger partial charge in [0.05, 0.1) is 15.6 Å². The van der Waals surface area contributed by atoms with Gasteiger partial charge in [0.2, 0.25) is 0 Å². The maximum absolute atomic E-state index is 12.5. The molecule has 0 aliphatic heterocycles. The largest absolute Gasteiger partial charge is 0.468 e. The number of halogens is 1. The molecule has 1 aromatic rings. The number of hydrogen-bond acceptors (Lipinski definition) is 4. The maximum Gasteiger partial charge on any atom is 0.325 e. The summed E-state index contributed by atoms with van der Waals surface area (Å²) < 4.78 is 5.77. The van der Waals surface area contributed by atoms with E-state index in [1.165, 1.54) is 7.11 Å². The molecule has 1 aliphatic carbocycles. The minimum Gasteiger partial charge on any atom is -0.468 e. The highest BCUT2D eigenvalue weighted by Crippen LogP contribution is 2.26. The molecule has 19 heavy (non-hydrogen) atoms. The number of carbonyl (C=O) groups excluding carboxylic acids is 2. The van der Waals surface area contributed by atoms with Crippen LogP contribution in [-0.2, 0) is 9.53 Å². The van der Waals surface area contributed by atoms with Crippen molar-refractivity contribution in [3.8, 4) is 0 Å². The highest BCUT2D eigenvalue weighted by atomic mass is 127. The molecular formula is C13H16INO3S. The Labute approximate surface area is 130 Å². The second-order valence-electron chi connectivity index (χ2n) is 4.59. The molecule has 1 aromatic heterocycles. The van der Waals surface area contributed by atoms with E-state index in [-0.39, 0.29) is 24.5 Å². The molecular weight excluding hydrogens is 377 g/mol. The lowest BCUT2D eigenvalue weighted by atomic mass is 10.1. The van der Waals surface area contributed by atoms with Gasteiger partial charge in [-0.05, 0) is 41.5 Å². The summed E-state index contributed by atoms with van der Waals surface area (Å²) in [6, 6.07) is 2.04. The molecule has 1 saturated carbocycles. The van der Waals surface area contributed by atoms with Gasteiger partial charge in [0.1, 0.15) is 6.54 Å². The number of esters is 1. The van der Waals surface area contributed by atoms with Gasteiger partial charge in [-0.2, -0.15) is 0 Å². The van der Waals surface area contributed by atoms with Crippen molar-refractivity contribution in [3.63, 3.8) is 0 Å². The summed E-state index contributed by atoms with van der Waals surface area (Å²) in [7, 11) is 1.35. The third-order valence-corrected chi connectivity index (χ3v) is 5.16. The van der Waals surface area contributed by atoms with E-state index >= 15 is 0 Å². The predicted octanol–water partition coefficient (Wildman–Crippen LogP) is 2.91. The van der Waals surface area contributed by atoms with Crippen molar-refractivity contribution in [3.05, 3.63) is 19.9 Å². The van der Waals surface area contributed by atoms with E-state index in [0.717, 1.165) is 28.6 Å². The second-order valence-corrected chi connectivity index (χ2v) is 7.39. The number of nitrogens with zero attached hydrogens (tertiary/aromatic N) is 1. The zero-order chi connectivity index (χ0) is 13.8. The summed E-state index contributed by atoms with van der Waals surface area (Å²) in [6.07, 6.45) is 4.20. The highest BCUT2D eigenvalue weighted by molar-refractivity contribution is 14.1. The molecule has 0 saturated heterocycles. The monoisotopic (exact) mass is 393 g/mol. The maximum atomic E-state index is 12.5. The second kappa shape index (κ2) is 6.69. The molecule has 1 heterocycles. The van der Waals surface area contributed by atoms with Crippen LogP contribution in [0, 0.1) is 2.88 Å². The van der Waals surface area contributed by atoms with Crippen LogP contribution in [0.1, 0.15) is 36.0 Å². The molecule has 0 N–H and O–H groups in total. The summed E-state index contributed by atoms with van der Waals surface area (Å²) in [4.78, 5) is 25.7. The van der Waals surface area contributed by atoms with Gasteiger partial charge in [0, 0.05) is 11.4 Å². The van der Waals surface area contributed by atoms with Crippen molar-refractivity contribution in [2.45, 2.75) is 31.7 Å². The van der Waals surface area contributed by atoms with Gasteiger partial charge in [-0.25, -0.2) is 0 Å². The summed E-state index contributed by atoms with van der Waals surface area (Å²) in [6.45, 7) is 0.0480. The number of ether oxygens (including phenoxy) is 1. The van der Waals surface area contributed by atoms with E-state index in [4.69, 9.17) is 4.74 Å². The highest BCUT2D eigenvalue weighted by Gasteiger charge is 2.29. The van der Waals surface area contributed by atoms with Crippen molar-refractivity contribution in [2.75, 3.05) is 13.7 Å². The topological polar surface area (TPSA) is 46.6 Å². The average Bonchev–Trinajstić information content (AvgIpc) is 3.05. The van der Waals surface area contributed by atoms with Gasteiger partial charge < -0.3 is 9.64 Å². The lowest BCUT2D eigenvalue weighted by Crippen LogP contribution is -2.42. The first-order valence-electron chi connectivity index (χ1n) is 6.23. The fourth-order valence-electron chi connectivity index (χ4n) is 2.37. The van der Waals surface area contributed by atoms with Crippen LogP contribution in [0.3, 0.4) is 0 Å². The number of rotatable bonds is 4. The fourth-order valence-corrected chi connectivity index (χ4v) is 3.69. The zero-order valence-corrected chi connectivity index (χ0v) is 13.7. The van der Waals surface area contributed by atoms with Gasteiger partial charge in [-0.3, -0.25) is 9.59 Å². The van der Waals surface area contributed by atoms with E-state index in [9.17, 15) is 9.59 Å². The molecule has 2 rings (SSSR count). The van der Waals surface area contributed by atoms with Crippen LogP contribution in [0.4, 0.5) is 0 Å². The van der Waals surface area contributed by atoms with Crippen LogP contribution in [0.2, 0.25) is 0 Å². The number of amides is 1. The fraction of sp³-hybridized carbons (Fsp3) is 0.538. The lowest BCUT2D eigenvalue weighted by molar-refractivity contribution is -0.141. The molecule has 0 radical (unpaired) electrons. The lowest BCUT2D eigenvalue weighted by Gasteiger charge is -2.27. The number of thiophene rings is 1. The Balaban J connectivity index is 2.15. The number of hydrogen-bond donors (Lipinski definition) is 0. The Morgan fingerprint density at radius 1 is 1.47 bits per heavy atom. The molecule has 104 valence electrons. The van der Waals surface area contributed by atoms with Crippen molar-refractivity contribution in [2.24, 2.45) is 0 Å². The van der Waals surface area contributed by atoms with Crippen LogP contribution < -0.4 is 0 Å². The van der Waals surface area contributed by atoms with Gasteiger partial charge in [0.25, 0.3) is 5.91 Å². The Morgan fingerprint density at radius 3 is 2.68 bits per heavy atom. The normalized spacial score (nSPS) is 15.5. The first kappa shape index (κ1) is 14.8. The Hall–Kier alpha value is -0.630. The predicted molar refractivity (Wildman–Crippen MR) is 82.3 cm³/mol. The number of methoxy groups -OCH3 is 1. The minimum absolute atomic E-state index is 0.0480. The van der Waals surface area contributed by atoms with E-state index < -0.39 is 0 Å². The summed E-state index contributed by atoms with van der Waals surface area (Å²) in [5.74, 6) is -0.415. The molecule has 0 unspecified atom stereocenters. The molecule has 1 amide bonds. The van der Waals surface area contributed by atoms with Crippen LogP contribution in [0.5, 0.6) is 0 Å². The van der Waals surface area contributed by atoms with Crippen molar-refractivity contribution < 1.29 is 14.3 Å². The minimum atomic E-state index is -0.356. The third kappa shape index (κ3) is 3.68. The van der Waals surface area contributed by atoms with Gasteiger partial charge in [-0.1, -0.05) is 12.8 Å². The molecule has 6 heteroatoms. The van der Waals surface area contributed by atoms with Gasteiger partial charge in [0.15, 0.2) is 0 Å². The first-order chi connectivity index (χ1) is 9.11.